The molecular formula is C22H20ClN3O4S. The zero-order valence-corrected chi connectivity index (χ0v) is 18.5. The molecule has 0 saturated heterocycles. The van der Waals surface area contributed by atoms with Gasteiger partial charge in [-0.2, -0.15) is 0 Å². The summed E-state index contributed by atoms with van der Waals surface area (Å²) < 4.78 is 10.2. The number of carbonyl (C=O) groups is 2. The predicted molar refractivity (Wildman–Crippen MR) is 121 cm³/mol. The first-order valence-electron chi connectivity index (χ1n) is 9.58. The van der Waals surface area contributed by atoms with Crippen molar-refractivity contribution in [2.24, 2.45) is 0 Å². The third kappa shape index (κ3) is 4.50. The second-order valence-electron chi connectivity index (χ2n) is 6.94. The zero-order valence-electron chi connectivity index (χ0n) is 16.9. The number of hydrogen-bond acceptors (Lipinski definition) is 6. The number of benzene rings is 2. The number of halogens is 1. The summed E-state index contributed by atoms with van der Waals surface area (Å²) in [5.74, 6) is 0.428. The molecule has 1 aliphatic carbocycles. The highest BCUT2D eigenvalue weighted by atomic mass is 35.5. The van der Waals surface area contributed by atoms with Gasteiger partial charge >= 0.3 is 0 Å². The number of aryl methyl sites for hydroxylation is 1. The standard InChI is InChI=1S/C22H20ClN3O4S/c1-29-14-6-3-12(4-7-14)20(27)26-22-25-19-15(8-10-18(19)31-22)21(28)24-13-5-9-17(30-2)16(23)11-13/h3-7,9,11,15H,8,10H2,1-2H3,(H,24,28)(H,25,26,27). The fourth-order valence-corrected chi connectivity index (χ4v) is 4.71. The molecule has 1 aromatic heterocycles. The molecule has 0 spiro atoms. The van der Waals surface area contributed by atoms with Gasteiger partial charge < -0.3 is 14.8 Å². The van der Waals surface area contributed by atoms with Crippen molar-refractivity contribution in [2.75, 3.05) is 24.9 Å². The number of hydrogen-bond donors (Lipinski definition) is 2. The first-order valence-corrected chi connectivity index (χ1v) is 10.8. The third-order valence-corrected chi connectivity index (χ3v) is 6.37. The van der Waals surface area contributed by atoms with Gasteiger partial charge in [0, 0.05) is 16.1 Å². The number of fused-ring (bicyclic) bond motifs is 1. The molecular weight excluding hydrogens is 438 g/mol. The van der Waals surface area contributed by atoms with Crippen LogP contribution in [0.15, 0.2) is 42.5 Å². The Morgan fingerprint density at radius 1 is 1.10 bits per heavy atom. The van der Waals surface area contributed by atoms with E-state index in [1.807, 2.05) is 0 Å². The van der Waals surface area contributed by atoms with E-state index in [2.05, 4.69) is 15.6 Å². The predicted octanol–water partition coefficient (Wildman–Crippen LogP) is 4.73. The smallest absolute Gasteiger partial charge is 0.257 e. The molecule has 2 aromatic carbocycles. The number of ether oxygens (including phenoxy) is 2. The monoisotopic (exact) mass is 457 g/mol. The lowest BCUT2D eigenvalue weighted by Crippen LogP contribution is -2.20. The third-order valence-electron chi connectivity index (χ3n) is 5.03. The number of nitrogens with zero attached hydrogens (tertiary/aromatic N) is 1. The molecule has 0 aliphatic heterocycles. The van der Waals surface area contributed by atoms with Gasteiger partial charge in [-0.3, -0.25) is 14.9 Å². The van der Waals surface area contributed by atoms with Crippen molar-refractivity contribution in [1.29, 1.82) is 0 Å². The minimum Gasteiger partial charge on any atom is -0.497 e. The van der Waals surface area contributed by atoms with E-state index in [-0.39, 0.29) is 17.7 Å². The number of amides is 2. The molecule has 160 valence electrons. The van der Waals surface area contributed by atoms with Crippen molar-refractivity contribution in [1.82, 2.24) is 4.98 Å². The van der Waals surface area contributed by atoms with Crippen LogP contribution in [0.4, 0.5) is 10.8 Å². The van der Waals surface area contributed by atoms with Crippen LogP contribution in [0.25, 0.3) is 0 Å². The largest absolute Gasteiger partial charge is 0.497 e. The zero-order chi connectivity index (χ0) is 22.0. The Kier molecular flexibility index (Phi) is 6.11. The van der Waals surface area contributed by atoms with Gasteiger partial charge in [-0.1, -0.05) is 11.6 Å². The van der Waals surface area contributed by atoms with Crippen molar-refractivity contribution < 1.29 is 19.1 Å². The van der Waals surface area contributed by atoms with Gasteiger partial charge in [-0.15, -0.1) is 11.3 Å². The van der Waals surface area contributed by atoms with Gasteiger partial charge in [0.15, 0.2) is 5.13 Å². The highest BCUT2D eigenvalue weighted by Crippen LogP contribution is 2.39. The molecule has 4 rings (SSSR count). The molecule has 1 aliphatic rings. The Hall–Kier alpha value is -3.10. The van der Waals surface area contributed by atoms with Crippen LogP contribution in [0.3, 0.4) is 0 Å². The maximum Gasteiger partial charge on any atom is 0.257 e. The maximum atomic E-state index is 12.8. The van der Waals surface area contributed by atoms with Gasteiger partial charge in [-0.05, 0) is 55.3 Å². The molecule has 0 fully saturated rings. The molecule has 0 radical (unpaired) electrons. The topological polar surface area (TPSA) is 89.5 Å². The molecule has 1 heterocycles. The summed E-state index contributed by atoms with van der Waals surface area (Å²) >= 11 is 7.54. The lowest BCUT2D eigenvalue weighted by atomic mass is 10.1. The number of rotatable bonds is 6. The fourth-order valence-electron chi connectivity index (χ4n) is 3.42. The Bertz CT molecular complexity index is 1130. The Morgan fingerprint density at radius 2 is 1.87 bits per heavy atom. The number of aromatic nitrogens is 1. The van der Waals surface area contributed by atoms with Crippen LogP contribution in [0.2, 0.25) is 5.02 Å². The van der Waals surface area contributed by atoms with E-state index in [1.54, 1.807) is 49.6 Å². The fraction of sp³-hybridized carbons (Fsp3) is 0.227. The average molecular weight is 458 g/mol. The van der Waals surface area contributed by atoms with E-state index in [0.29, 0.717) is 45.0 Å². The van der Waals surface area contributed by atoms with Crippen molar-refractivity contribution in [3.63, 3.8) is 0 Å². The van der Waals surface area contributed by atoms with E-state index >= 15 is 0 Å². The lowest BCUT2D eigenvalue weighted by molar-refractivity contribution is -0.117. The molecule has 1 unspecified atom stereocenters. The van der Waals surface area contributed by atoms with Crippen LogP contribution in [-0.2, 0) is 11.2 Å². The van der Waals surface area contributed by atoms with Gasteiger partial charge in [0.1, 0.15) is 11.5 Å². The highest BCUT2D eigenvalue weighted by molar-refractivity contribution is 7.16. The molecule has 7 nitrogen and oxygen atoms in total. The van der Waals surface area contributed by atoms with Gasteiger partial charge in [0.05, 0.1) is 30.9 Å². The van der Waals surface area contributed by atoms with E-state index in [4.69, 9.17) is 21.1 Å². The average Bonchev–Trinajstić information content (AvgIpc) is 3.34. The van der Waals surface area contributed by atoms with Gasteiger partial charge in [0.2, 0.25) is 5.91 Å². The highest BCUT2D eigenvalue weighted by Gasteiger charge is 2.33. The number of methoxy groups -OCH3 is 2. The van der Waals surface area contributed by atoms with E-state index in [1.165, 1.54) is 18.4 Å². The molecule has 0 saturated carbocycles. The first kappa shape index (κ1) is 21.1. The summed E-state index contributed by atoms with van der Waals surface area (Å²) in [6, 6.07) is 11.9. The van der Waals surface area contributed by atoms with E-state index < -0.39 is 0 Å². The number of nitrogens with one attached hydrogen (secondary N) is 2. The summed E-state index contributed by atoms with van der Waals surface area (Å²) in [7, 11) is 3.11. The quantitative estimate of drug-likeness (QED) is 0.558. The van der Waals surface area contributed by atoms with Crippen molar-refractivity contribution >= 4 is 45.6 Å². The minimum absolute atomic E-state index is 0.154. The van der Waals surface area contributed by atoms with E-state index in [9.17, 15) is 9.59 Å². The lowest BCUT2D eigenvalue weighted by Gasteiger charge is -2.12. The molecule has 3 aromatic rings. The molecule has 0 bridgehead atoms. The van der Waals surface area contributed by atoms with Gasteiger partial charge in [0.25, 0.3) is 5.91 Å². The van der Waals surface area contributed by atoms with Crippen molar-refractivity contribution in [2.45, 2.75) is 18.8 Å². The second kappa shape index (κ2) is 8.95. The minimum atomic E-state index is -0.376. The molecule has 1 atom stereocenters. The summed E-state index contributed by atoms with van der Waals surface area (Å²) in [4.78, 5) is 30.9. The van der Waals surface area contributed by atoms with Gasteiger partial charge in [-0.25, -0.2) is 4.98 Å². The molecule has 2 N–H and O–H groups in total. The summed E-state index contributed by atoms with van der Waals surface area (Å²) in [6.45, 7) is 0. The van der Waals surface area contributed by atoms with Crippen LogP contribution in [0.5, 0.6) is 11.5 Å². The van der Waals surface area contributed by atoms with Crippen LogP contribution >= 0.6 is 22.9 Å². The van der Waals surface area contributed by atoms with Crippen LogP contribution in [0, 0.1) is 0 Å². The summed E-state index contributed by atoms with van der Waals surface area (Å²) in [5, 5.41) is 6.61. The second-order valence-corrected chi connectivity index (χ2v) is 8.43. The van der Waals surface area contributed by atoms with Crippen LogP contribution in [-0.4, -0.2) is 31.0 Å². The number of thiazole rings is 1. The number of carbonyl (C=O) groups excluding carboxylic acids is 2. The number of anilines is 2. The molecule has 2 amide bonds. The van der Waals surface area contributed by atoms with Crippen LogP contribution < -0.4 is 20.1 Å². The van der Waals surface area contributed by atoms with Crippen molar-refractivity contribution in [3.05, 3.63) is 63.6 Å². The Morgan fingerprint density at radius 3 is 2.55 bits per heavy atom. The van der Waals surface area contributed by atoms with E-state index in [0.717, 1.165) is 11.3 Å². The maximum absolute atomic E-state index is 12.8. The Labute approximate surface area is 188 Å². The van der Waals surface area contributed by atoms with Crippen LogP contribution in [0.1, 0.15) is 33.3 Å². The first-order chi connectivity index (χ1) is 15.0. The normalized spacial score (nSPS) is 14.6. The Balaban J connectivity index is 1.44. The molecule has 31 heavy (non-hydrogen) atoms. The van der Waals surface area contributed by atoms with Crippen molar-refractivity contribution in [3.8, 4) is 11.5 Å². The summed E-state index contributed by atoms with van der Waals surface area (Å²) in [6.07, 6.45) is 1.42. The summed E-state index contributed by atoms with van der Waals surface area (Å²) in [5.41, 5.74) is 1.81. The SMILES string of the molecule is COc1ccc(C(=O)Nc2nc3c(s2)CCC3C(=O)Nc2ccc(OC)c(Cl)c2)cc1. The molecule has 9 heteroatoms.